The molecule has 1 atom stereocenters. The van der Waals surface area contributed by atoms with Gasteiger partial charge in [-0.2, -0.15) is 5.10 Å². The molecule has 1 unspecified atom stereocenters. The van der Waals surface area contributed by atoms with Crippen LogP contribution in [0.15, 0.2) is 27.9 Å². The van der Waals surface area contributed by atoms with Crippen LogP contribution in [0.5, 0.6) is 0 Å². The fraction of sp³-hybridized carbons (Fsp3) is 0.474. The van der Waals surface area contributed by atoms with Gasteiger partial charge >= 0.3 is 5.69 Å². The molecule has 2 aliphatic heterocycles. The average Bonchev–Trinajstić information content (AvgIpc) is 3.02. The first-order chi connectivity index (χ1) is 14.0. The van der Waals surface area contributed by atoms with Crippen molar-refractivity contribution in [2.45, 2.75) is 55.3 Å². The van der Waals surface area contributed by atoms with Gasteiger partial charge in [0, 0.05) is 42.4 Å². The van der Waals surface area contributed by atoms with Crippen LogP contribution in [0.3, 0.4) is 0 Å². The molecule has 2 aromatic rings. The largest absolute Gasteiger partial charge is 0.356 e. The number of hydrogen-bond acceptors (Lipinski definition) is 5. The molecular weight excluding hydrogens is 414 g/mol. The Morgan fingerprint density at radius 1 is 1.34 bits per heavy atom. The third kappa shape index (κ3) is 4.51. The van der Waals surface area contributed by atoms with Crippen molar-refractivity contribution >= 4 is 40.9 Å². The summed E-state index contributed by atoms with van der Waals surface area (Å²) < 4.78 is 3.23. The van der Waals surface area contributed by atoms with Crippen LogP contribution in [0, 0.1) is 0 Å². The quantitative estimate of drug-likeness (QED) is 0.676. The van der Waals surface area contributed by atoms with Gasteiger partial charge in [0.25, 0.3) is 0 Å². The summed E-state index contributed by atoms with van der Waals surface area (Å²) in [5.41, 5.74) is 0.609. The highest BCUT2D eigenvalue weighted by Gasteiger charge is 2.29. The van der Waals surface area contributed by atoms with E-state index in [1.165, 1.54) is 16.4 Å². The Labute approximate surface area is 177 Å². The number of amides is 2. The van der Waals surface area contributed by atoms with Gasteiger partial charge in [0.15, 0.2) is 0 Å². The van der Waals surface area contributed by atoms with E-state index in [1.54, 1.807) is 16.7 Å². The number of fused-ring (bicyclic) bond motifs is 2. The molecule has 0 fully saturated rings. The molecule has 0 radical (unpaired) electrons. The van der Waals surface area contributed by atoms with E-state index < -0.39 is 5.25 Å². The molecule has 0 saturated carbocycles. The minimum atomic E-state index is -0.480. The van der Waals surface area contributed by atoms with Crippen LogP contribution in [0.25, 0.3) is 0 Å². The first-order valence-corrected chi connectivity index (χ1v) is 11.0. The lowest BCUT2D eigenvalue weighted by atomic mass is 10.2. The van der Waals surface area contributed by atoms with E-state index in [4.69, 9.17) is 11.6 Å². The number of nitrogens with one attached hydrogen (secondary N) is 2. The van der Waals surface area contributed by atoms with Crippen molar-refractivity contribution in [1.29, 1.82) is 0 Å². The molecule has 1 aromatic heterocycles. The van der Waals surface area contributed by atoms with Crippen LogP contribution in [0.4, 0.5) is 5.69 Å². The summed E-state index contributed by atoms with van der Waals surface area (Å²) in [6.45, 7) is 1.63. The summed E-state index contributed by atoms with van der Waals surface area (Å²) in [5, 5.41) is 10.1. The Morgan fingerprint density at radius 3 is 3.03 bits per heavy atom. The van der Waals surface area contributed by atoms with E-state index in [9.17, 15) is 14.4 Å². The van der Waals surface area contributed by atoms with Crippen molar-refractivity contribution in [1.82, 2.24) is 19.7 Å². The Kier molecular flexibility index (Phi) is 5.96. The van der Waals surface area contributed by atoms with Gasteiger partial charge in [-0.1, -0.05) is 11.6 Å². The van der Waals surface area contributed by atoms with E-state index in [2.05, 4.69) is 15.7 Å². The van der Waals surface area contributed by atoms with Gasteiger partial charge in [0.1, 0.15) is 5.82 Å². The minimum Gasteiger partial charge on any atom is -0.356 e. The maximum absolute atomic E-state index is 12.3. The fourth-order valence-corrected chi connectivity index (χ4v) is 4.81. The van der Waals surface area contributed by atoms with Gasteiger partial charge in [-0.15, -0.1) is 11.8 Å². The highest BCUT2D eigenvalue weighted by molar-refractivity contribution is 8.01. The number of carbonyl (C=O) groups is 2. The van der Waals surface area contributed by atoms with E-state index >= 15 is 0 Å². The molecule has 0 saturated heterocycles. The fourth-order valence-electron chi connectivity index (χ4n) is 3.55. The van der Waals surface area contributed by atoms with Crippen molar-refractivity contribution in [3.05, 3.63) is 39.5 Å². The number of rotatable bonds is 6. The molecule has 0 spiro atoms. The van der Waals surface area contributed by atoms with E-state index in [0.717, 1.165) is 36.5 Å². The van der Waals surface area contributed by atoms with Crippen molar-refractivity contribution in [2.24, 2.45) is 0 Å². The Balaban J connectivity index is 1.24. The minimum absolute atomic E-state index is 0.0694. The molecule has 154 valence electrons. The average molecular weight is 436 g/mol. The lowest BCUT2D eigenvalue weighted by Gasteiger charge is -2.23. The predicted octanol–water partition coefficient (Wildman–Crippen LogP) is 2.04. The van der Waals surface area contributed by atoms with Gasteiger partial charge in [-0.25, -0.2) is 9.48 Å². The number of halogens is 1. The van der Waals surface area contributed by atoms with Crippen molar-refractivity contribution in [3.63, 3.8) is 0 Å². The topological polar surface area (TPSA) is 98.0 Å². The van der Waals surface area contributed by atoms with Gasteiger partial charge in [0.2, 0.25) is 11.8 Å². The number of aromatic nitrogens is 3. The number of aryl methyl sites for hydroxylation is 2. The summed E-state index contributed by atoms with van der Waals surface area (Å²) in [7, 11) is 0. The Hall–Kier alpha value is -2.26. The first kappa shape index (κ1) is 20.0. The highest BCUT2D eigenvalue weighted by atomic mass is 35.5. The number of hydrogen-bond donors (Lipinski definition) is 2. The SMILES string of the molecule is O=C(CC1Sc2ccc(Cl)cc2NC1=O)NCCCn1nc2n(c1=O)CCCC2. The number of benzene rings is 1. The lowest BCUT2D eigenvalue weighted by molar-refractivity contribution is -0.124. The molecule has 2 aliphatic rings. The van der Waals surface area contributed by atoms with E-state index in [-0.39, 0.29) is 23.9 Å². The molecule has 2 N–H and O–H groups in total. The molecule has 3 heterocycles. The molecule has 0 aliphatic carbocycles. The molecule has 2 amide bonds. The summed E-state index contributed by atoms with van der Waals surface area (Å²) in [4.78, 5) is 37.7. The highest BCUT2D eigenvalue weighted by Crippen LogP contribution is 2.38. The maximum Gasteiger partial charge on any atom is 0.345 e. The third-order valence-corrected chi connectivity index (χ3v) is 6.54. The second kappa shape index (κ2) is 8.62. The van der Waals surface area contributed by atoms with Crippen LogP contribution in [0.2, 0.25) is 5.02 Å². The normalized spacial score (nSPS) is 18.0. The zero-order valence-corrected chi connectivity index (χ0v) is 17.4. The predicted molar refractivity (Wildman–Crippen MR) is 111 cm³/mol. The van der Waals surface area contributed by atoms with E-state index in [1.807, 2.05) is 6.07 Å². The van der Waals surface area contributed by atoms with Crippen LogP contribution >= 0.6 is 23.4 Å². The second-order valence-corrected chi connectivity index (χ2v) is 8.86. The summed E-state index contributed by atoms with van der Waals surface area (Å²) >= 11 is 7.31. The number of thioether (sulfide) groups is 1. The zero-order chi connectivity index (χ0) is 20.4. The molecule has 29 heavy (non-hydrogen) atoms. The second-order valence-electron chi connectivity index (χ2n) is 7.17. The first-order valence-electron chi connectivity index (χ1n) is 9.71. The monoisotopic (exact) mass is 435 g/mol. The standard InChI is InChI=1S/C19H22ClN5O3S/c20-12-5-6-14-13(10-12)22-18(27)15(29-14)11-17(26)21-7-3-9-25-19(28)24-8-2-1-4-16(24)23-25/h5-6,10,15H,1-4,7-9,11H2,(H,21,26)(H,22,27). The molecule has 10 heteroatoms. The van der Waals surface area contributed by atoms with E-state index in [0.29, 0.717) is 30.2 Å². The van der Waals surface area contributed by atoms with Gasteiger partial charge in [0.05, 0.1) is 10.9 Å². The van der Waals surface area contributed by atoms with Crippen LogP contribution in [-0.2, 0) is 29.1 Å². The summed E-state index contributed by atoms with van der Waals surface area (Å²) in [5.74, 6) is 0.466. The van der Waals surface area contributed by atoms with Crippen molar-refractivity contribution < 1.29 is 9.59 Å². The van der Waals surface area contributed by atoms with Crippen LogP contribution < -0.4 is 16.3 Å². The van der Waals surface area contributed by atoms with Gasteiger partial charge < -0.3 is 10.6 Å². The summed E-state index contributed by atoms with van der Waals surface area (Å²) in [6, 6.07) is 5.31. The van der Waals surface area contributed by atoms with Crippen molar-refractivity contribution in [2.75, 3.05) is 11.9 Å². The number of nitrogens with zero attached hydrogens (tertiary/aromatic N) is 3. The lowest BCUT2D eigenvalue weighted by Crippen LogP contribution is -2.35. The smallest absolute Gasteiger partial charge is 0.345 e. The molecule has 4 rings (SSSR count). The molecule has 1 aromatic carbocycles. The molecule has 0 bridgehead atoms. The summed E-state index contributed by atoms with van der Waals surface area (Å²) in [6.07, 6.45) is 3.62. The molecular formula is C19H22ClN5O3S. The third-order valence-electron chi connectivity index (χ3n) is 5.03. The van der Waals surface area contributed by atoms with Crippen molar-refractivity contribution in [3.8, 4) is 0 Å². The maximum atomic E-state index is 12.3. The number of carbonyl (C=O) groups excluding carboxylic acids is 2. The Bertz CT molecular complexity index is 1000. The van der Waals surface area contributed by atoms with Gasteiger partial charge in [-0.05, 0) is 37.5 Å². The van der Waals surface area contributed by atoms with Crippen LogP contribution in [0.1, 0.15) is 31.5 Å². The molecule has 8 nitrogen and oxygen atoms in total. The van der Waals surface area contributed by atoms with Gasteiger partial charge in [-0.3, -0.25) is 14.2 Å². The van der Waals surface area contributed by atoms with Crippen LogP contribution in [-0.4, -0.2) is 38.0 Å². The number of anilines is 1. The Morgan fingerprint density at radius 2 is 2.21 bits per heavy atom. The zero-order valence-electron chi connectivity index (χ0n) is 15.8.